The van der Waals surface area contributed by atoms with E-state index < -0.39 is 59.7 Å². The molecule has 0 spiro atoms. The zero-order valence-electron chi connectivity index (χ0n) is 27.7. The van der Waals surface area contributed by atoms with Gasteiger partial charge in [0, 0.05) is 31.3 Å². The molecule has 2 amide bonds. The highest BCUT2D eigenvalue weighted by Crippen LogP contribution is 2.35. The average Bonchev–Trinajstić information content (AvgIpc) is 3.03. The zero-order chi connectivity index (χ0) is 35.0. The first-order chi connectivity index (χ1) is 22.2. The summed E-state index contributed by atoms with van der Waals surface area (Å²) >= 11 is 0. The highest BCUT2D eigenvalue weighted by Gasteiger charge is 2.38. The van der Waals surface area contributed by atoms with Crippen molar-refractivity contribution in [2.45, 2.75) is 65.0 Å². The Morgan fingerprint density at radius 2 is 1.68 bits per heavy atom. The van der Waals surface area contributed by atoms with Gasteiger partial charge in [-0.25, -0.2) is 9.18 Å². The normalized spacial score (nSPS) is 26.9. The number of ether oxygens (including phenoxy) is 4. The first-order valence-corrected chi connectivity index (χ1v) is 15.1. The number of hydrogen-bond donors (Lipinski definition) is 3. The number of rotatable bonds is 5. The van der Waals surface area contributed by atoms with Crippen LogP contribution in [0.2, 0.25) is 0 Å². The second kappa shape index (κ2) is 16.4. The van der Waals surface area contributed by atoms with Gasteiger partial charge in [0.25, 0.3) is 5.91 Å². The fourth-order valence-corrected chi connectivity index (χ4v) is 5.74. The summed E-state index contributed by atoms with van der Waals surface area (Å²) in [4.78, 5) is 53.2. The second-order valence-electron chi connectivity index (χ2n) is 11.8. The molecule has 0 radical (unpaired) electrons. The van der Waals surface area contributed by atoms with E-state index in [2.05, 4.69) is 5.32 Å². The van der Waals surface area contributed by atoms with Crippen molar-refractivity contribution in [2.75, 3.05) is 21.3 Å². The van der Waals surface area contributed by atoms with Gasteiger partial charge in [0.05, 0.1) is 24.9 Å². The molecule has 1 aromatic carbocycles. The van der Waals surface area contributed by atoms with Gasteiger partial charge in [-0.1, -0.05) is 50.3 Å². The van der Waals surface area contributed by atoms with Gasteiger partial charge in [-0.15, -0.1) is 0 Å². The van der Waals surface area contributed by atoms with Gasteiger partial charge >= 0.3 is 6.09 Å². The molecular formula is C35H43FN2O9. The summed E-state index contributed by atoms with van der Waals surface area (Å²) in [5, 5.41) is 13.9. The first-order valence-electron chi connectivity index (χ1n) is 15.1. The molecule has 1 aliphatic heterocycles. The number of amides is 2. The number of aliphatic hydroxyl groups is 1. The monoisotopic (exact) mass is 654 g/mol. The molecule has 12 heteroatoms. The molecule has 0 saturated heterocycles. The van der Waals surface area contributed by atoms with E-state index in [1.165, 1.54) is 52.5 Å². The minimum Gasteiger partial charge on any atom is -0.492 e. The van der Waals surface area contributed by atoms with E-state index in [9.17, 15) is 28.7 Å². The van der Waals surface area contributed by atoms with Crippen LogP contribution in [-0.2, 0) is 33.3 Å². The van der Waals surface area contributed by atoms with E-state index in [-0.39, 0.29) is 52.5 Å². The fourth-order valence-electron chi connectivity index (χ4n) is 5.74. The molecule has 0 fully saturated rings. The molecule has 1 aromatic rings. The number of Topliss-reactive ketones (excluding diaryl/α,β-unsaturated/α-hetero) is 2. The quantitative estimate of drug-likeness (QED) is 0.314. The molecule has 6 atom stereocenters. The maximum atomic E-state index is 14.1. The van der Waals surface area contributed by atoms with Crippen molar-refractivity contribution in [2.24, 2.45) is 17.6 Å². The number of fused-ring (bicyclic) bond motifs is 2. The van der Waals surface area contributed by atoms with Crippen LogP contribution in [0.1, 0.15) is 46.1 Å². The predicted octanol–water partition coefficient (Wildman–Crippen LogP) is 4.07. The van der Waals surface area contributed by atoms with Crippen LogP contribution in [0.5, 0.6) is 0 Å². The van der Waals surface area contributed by atoms with Crippen molar-refractivity contribution in [3.05, 3.63) is 88.1 Å². The molecule has 2 aliphatic rings. The van der Waals surface area contributed by atoms with Crippen molar-refractivity contribution in [3.8, 4) is 0 Å². The number of carbonyl (C=O) groups excluding carboxylic acids is 4. The number of halogens is 1. The van der Waals surface area contributed by atoms with E-state index in [1.807, 2.05) is 6.92 Å². The van der Waals surface area contributed by atoms with Gasteiger partial charge in [0.15, 0.2) is 11.9 Å². The minimum absolute atomic E-state index is 0.0492. The number of primary amides is 1. The van der Waals surface area contributed by atoms with Crippen molar-refractivity contribution >= 4 is 29.1 Å². The van der Waals surface area contributed by atoms with Crippen LogP contribution in [0.4, 0.5) is 9.18 Å². The number of carbonyl (C=O) groups is 4. The smallest absolute Gasteiger partial charge is 0.405 e. The molecule has 0 aromatic heterocycles. The summed E-state index contributed by atoms with van der Waals surface area (Å²) in [5.74, 6) is -3.49. The van der Waals surface area contributed by atoms with E-state index in [1.54, 1.807) is 26.0 Å². The molecule has 0 saturated carbocycles. The fraction of sp³-hybridized carbons (Fsp3) is 0.429. The number of hydrogen-bond acceptors (Lipinski definition) is 9. The Balaban J connectivity index is 2.21. The van der Waals surface area contributed by atoms with Gasteiger partial charge in [-0.2, -0.15) is 0 Å². The summed E-state index contributed by atoms with van der Waals surface area (Å²) in [5.41, 5.74) is 5.93. The summed E-state index contributed by atoms with van der Waals surface area (Å²) in [6.45, 7) is 6.83. The molecule has 11 nitrogen and oxygen atoms in total. The highest BCUT2D eigenvalue weighted by molar-refractivity contribution is 6.39. The SMILES string of the molecule is COC1=C2CC(C)CC(OC)C(O)C(C)C=C(C)C(OC(N)=O)C(OC)C=CC=C(C)C(=O)NC(=C(c3ccc(F)cc3)C1=O)C2=O. The maximum Gasteiger partial charge on any atom is 0.405 e. The van der Waals surface area contributed by atoms with Gasteiger partial charge < -0.3 is 35.1 Å². The van der Waals surface area contributed by atoms with E-state index in [0.717, 1.165) is 12.1 Å². The number of aliphatic hydroxyl groups excluding tert-OH is 1. The topological polar surface area (TPSA) is 163 Å². The van der Waals surface area contributed by atoms with Gasteiger partial charge in [-0.3, -0.25) is 14.4 Å². The maximum absolute atomic E-state index is 14.1. The Hall–Kier alpha value is -4.39. The average molecular weight is 655 g/mol. The Morgan fingerprint density at radius 3 is 2.26 bits per heavy atom. The predicted molar refractivity (Wildman–Crippen MR) is 172 cm³/mol. The number of methoxy groups -OCH3 is 3. The minimum atomic E-state index is -1.03. The third kappa shape index (κ3) is 8.91. The van der Waals surface area contributed by atoms with Gasteiger partial charge in [0.1, 0.15) is 17.6 Å². The standard InChI is InChI=1S/C35H43FN2O9/c1-18-15-24-30(40)28(27(31(41)33(24)46-7)22-11-13-23(36)14-12-22)38-34(42)19(2)9-8-10-25(44-5)32(47-35(37)43)21(4)17-20(3)29(39)26(16-18)45-6/h8-14,17-18,20,25-26,29,32,39H,15-16H2,1-7H3,(H2,37,43)(H,38,42). The van der Waals surface area contributed by atoms with Crippen molar-refractivity contribution < 1.29 is 47.6 Å². The summed E-state index contributed by atoms with van der Waals surface area (Å²) in [7, 11) is 4.14. The largest absolute Gasteiger partial charge is 0.492 e. The molecule has 1 heterocycles. The van der Waals surface area contributed by atoms with Crippen LogP contribution >= 0.6 is 0 Å². The van der Waals surface area contributed by atoms with Crippen LogP contribution in [0.15, 0.2) is 76.7 Å². The van der Waals surface area contributed by atoms with Crippen LogP contribution in [0, 0.1) is 17.7 Å². The van der Waals surface area contributed by atoms with Crippen molar-refractivity contribution in [3.63, 3.8) is 0 Å². The number of allylic oxidation sites excluding steroid dienone is 4. The lowest BCUT2D eigenvalue weighted by molar-refractivity contribution is -0.120. The molecule has 1 aliphatic carbocycles. The molecule has 254 valence electrons. The van der Waals surface area contributed by atoms with E-state index in [4.69, 9.17) is 24.7 Å². The number of benzene rings is 1. The van der Waals surface area contributed by atoms with Crippen LogP contribution in [0.3, 0.4) is 0 Å². The lowest BCUT2D eigenvalue weighted by atomic mass is 9.82. The number of nitrogens with one attached hydrogen (secondary N) is 1. The number of ketones is 2. The summed E-state index contributed by atoms with van der Waals surface area (Å²) < 4.78 is 35.9. The van der Waals surface area contributed by atoms with E-state index in [0.29, 0.717) is 5.57 Å². The number of nitrogens with two attached hydrogens (primary N) is 1. The van der Waals surface area contributed by atoms with Crippen LogP contribution in [-0.4, -0.2) is 74.4 Å². The van der Waals surface area contributed by atoms with Gasteiger partial charge in [0.2, 0.25) is 11.6 Å². The Morgan fingerprint density at radius 1 is 1.02 bits per heavy atom. The Kier molecular flexibility index (Phi) is 13.0. The third-order valence-corrected chi connectivity index (χ3v) is 8.24. The van der Waals surface area contributed by atoms with Gasteiger partial charge in [-0.05, 0) is 55.9 Å². The first kappa shape index (κ1) is 37.1. The Bertz CT molecular complexity index is 1520. The van der Waals surface area contributed by atoms with Crippen molar-refractivity contribution in [1.29, 1.82) is 0 Å². The Labute approximate surface area is 274 Å². The molecule has 4 N–H and O–H groups in total. The highest BCUT2D eigenvalue weighted by atomic mass is 19.1. The zero-order valence-corrected chi connectivity index (χ0v) is 27.7. The lowest BCUT2D eigenvalue weighted by Gasteiger charge is -2.30. The van der Waals surface area contributed by atoms with Crippen LogP contribution < -0.4 is 11.1 Å². The summed E-state index contributed by atoms with van der Waals surface area (Å²) in [6.07, 6.45) is 2.06. The van der Waals surface area contributed by atoms with Crippen LogP contribution in [0.25, 0.3) is 5.57 Å². The summed E-state index contributed by atoms with van der Waals surface area (Å²) in [6, 6.07) is 4.97. The molecule has 47 heavy (non-hydrogen) atoms. The molecular weight excluding hydrogens is 611 g/mol. The molecule has 3 rings (SSSR count). The third-order valence-electron chi connectivity index (χ3n) is 8.24. The van der Waals surface area contributed by atoms with Crippen molar-refractivity contribution in [1.82, 2.24) is 5.32 Å². The van der Waals surface area contributed by atoms with E-state index >= 15 is 0 Å². The molecule has 2 bridgehead atoms. The molecule has 6 unspecified atom stereocenters. The lowest BCUT2D eigenvalue weighted by Crippen LogP contribution is -2.37. The second-order valence-corrected chi connectivity index (χ2v) is 11.8.